The van der Waals surface area contributed by atoms with E-state index in [1.807, 2.05) is 6.92 Å². The Balaban J connectivity index is 2.07. The number of carbonyl (C=O) groups excluding carboxylic acids is 1. The summed E-state index contributed by atoms with van der Waals surface area (Å²) in [6, 6.07) is 3.83. The molecule has 1 heterocycles. The van der Waals surface area contributed by atoms with Crippen LogP contribution in [-0.4, -0.2) is 38.8 Å². The Kier molecular flexibility index (Phi) is 5.87. The molecule has 1 aromatic carbocycles. The van der Waals surface area contributed by atoms with Crippen molar-refractivity contribution in [2.75, 3.05) is 26.8 Å². The average molecular weight is 357 g/mol. The summed E-state index contributed by atoms with van der Waals surface area (Å²) in [6.07, 6.45) is 2.28. The van der Waals surface area contributed by atoms with E-state index in [-0.39, 0.29) is 5.91 Å². The summed E-state index contributed by atoms with van der Waals surface area (Å²) < 4.78 is 11.5. The summed E-state index contributed by atoms with van der Waals surface area (Å²) in [5.74, 6) is 1.06. The van der Waals surface area contributed by atoms with Gasteiger partial charge in [0.2, 0.25) is 0 Å². The molecule has 1 aliphatic heterocycles. The van der Waals surface area contributed by atoms with Crippen LogP contribution in [0.15, 0.2) is 16.6 Å². The van der Waals surface area contributed by atoms with Gasteiger partial charge in [0.15, 0.2) is 11.5 Å². The lowest BCUT2D eigenvalue weighted by atomic mass is 10.1. The largest absolute Gasteiger partial charge is 0.493 e. The molecule has 0 aromatic heterocycles. The average Bonchev–Trinajstić information content (AvgIpc) is 3.00. The zero-order valence-electron chi connectivity index (χ0n) is 12.4. The number of halogens is 1. The number of carbonyl (C=O) groups is 1. The van der Waals surface area contributed by atoms with Crippen molar-refractivity contribution >= 4 is 21.8 Å². The quantitative estimate of drug-likeness (QED) is 0.821. The molecule has 1 unspecified atom stereocenters. The maximum atomic E-state index is 12.2. The Morgan fingerprint density at radius 3 is 2.95 bits per heavy atom. The molecular weight excluding hydrogens is 336 g/mol. The number of benzene rings is 1. The molecule has 0 saturated carbocycles. The van der Waals surface area contributed by atoms with Crippen LogP contribution in [0, 0.1) is 0 Å². The fraction of sp³-hybridized carbons (Fsp3) is 0.533. The van der Waals surface area contributed by atoms with Crippen LogP contribution in [0.3, 0.4) is 0 Å². The molecule has 2 rings (SSSR count). The summed E-state index contributed by atoms with van der Waals surface area (Å²) in [5, 5.41) is 6.31. The second-order valence-corrected chi connectivity index (χ2v) is 5.78. The zero-order valence-corrected chi connectivity index (χ0v) is 14.0. The maximum Gasteiger partial charge on any atom is 0.251 e. The third-order valence-corrected chi connectivity index (χ3v) is 4.04. The normalized spacial score (nSPS) is 17.6. The molecule has 0 spiro atoms. The molecular formula is C15H21BrN2O3. The Morgan fingerprint density at radius 2 is 2.33 bits per heavy atom. The van der Waals surface area contributed by atoms with Gasteiger partial charge in [0.1, 0.15) is 0 Å². The van der Waals surface area contributed by atoms with Crippen molar-refractivity contribution in [1.82, 2.24) is 10.6 Å². The van der Waals surface area contributed by atoms with Crippen LogP contribution >= 0.6 is 15.9 Å². The van der Waals surface area contributed by atoms with Gasteiger partial charge in [0, 0.05) is 18.2 Å². The van der Waals surface area contributed by atoms with E-state index >= 15 is 0 Å². The van der Waals surface area contributed by atoms with Crippen molar-refractivity contribution in [3.63, 3.8) is 0 Å². The smallest absolute Gasteiger partial charge is 0.251 e. The van der Waals surface area contributed by atoms with Crippen LogP contribution in [-0.2, 0) is 0 Å². The first-order valence-electron chi connectivity index (χ1n) is 7.17. The van der Waals surface area contributed by atoms with E-state index in [1.165, 1.54) is 6.42 Å². The Labute approximate surface area is 133 Å². The van der Waals surface area contributed by atoms with E-state index < -0.39 is 0 Å². The van der Waals surface area contributed by atoms with Gasteiger partial charge in [0.05, 0.1) is 18.2 Å². The third-order valence-electron chi connectivity index (χ3n) is 3.45. The number of hydrogen-bond donors (Lipinski definition) is 2. The van der Waals surface area contributed by atoms with Crippen molar-refractivity contribution in [2.45, 2.75) is 25.8 Å². The highest BCUT2D eigenvalue weighted by atomic mass is 79.9. The van der Waals surface area contributed by atoms with Gasteiger partial charge >= 0.3 is 0 Å². The fourth-order valence-electron chi connectivity index (χ4n) is 2.38. The predicted molar refractivity (Wildman–Crippen MR) is 85.2 cm³/mol. The van der Waals surface area contributed by atoms with Gasteiger partial charge in [-0.05, 0) is 54.4 Å². The lowest BCUT2D eigenvalue weighted by Crippen LogP contribution is -2.37. The monoisotopic (exact) mass is 356 g/mol. The maximum absolute atomic E-state index is 12.2. The zero-order chi connectivity index (χ0) is 15.2. The summed E-state index contributed by atoms with van der Waals surface area (Å²) in [7, 11) is 1.56. The van der Waals surface area contributed by atoms with Crippen LogP contribution in [0.1, 0.15) is 30.1 Å². The number of methoxy groups -OCH3 is 1. The first-order valence-corrected chi connectivity index (χ1v) is 7.97. The predicted octanol–water partition coefficient (Wildman–Crippen LogP) is 2.34. The molecule has 0 radical (unpaired) electrons. The molecule has 5 nitrogen and oxygen atoms in total. The molecule has 1 aromatic rings. The van der Waals surface area contributed by atoms with E-state index in [0.717, 1.165) is 13.0 Å². The van der Waals surface area contributed by atoms with Crippen LogP contribution in [0.25, 0.3) is 0 Å². The van der Waals surface area contributed by atoms with E-state index in [4.69, 9.17) is 9.47 Å². The second-order valence-electron chi connectivity index (χ2n) is 4.93. The van der Waals surface area contributed by atoms with Gasteiger partial charge in [0.25, 0.3) is 5.91 Å². The molecule has 1 atom stereocenters. The summed E-state index contributed by atoms with van der Waals surface area (Å²) in [6.45, 7) is 4.11. The number of nitrogens with one attached hydrogen (secondary N) is 2. The van der Waals surface area contributed by atoms with Crippen LogP contribution < -0.4 is 20.1 Å². The standard InChI is InChI=1S/C15H21BrN2O3/c1-3-21-14-12(16)7-10(8-13(14)20-2)15(19)18-9-11-5-4-6-17-11/h7-8,11,17H,3-6,9H2,1-2H3,(H,18,19). The minimum atomic E-state index is -0.106. The molecule has 21 heavy (non-hydrogen) atoms. The van der Waals surface area contributed by atoms with Gasteiger partial charge < -0.3 is 20.1 Å². The molecule has 1 saturated heterocycles. The third kappa shape index (κ3) is 4.11. The Hall–Kier alpha value is -1.27. The van der Waals surface area contributed by atoms with E-state index in [0.29, 0.717) is 40.7 Å². The van der Waals surface area contributed by atoms with Gasteiger partial charge in [-0.15, -0.1) is 0 Å². The fourth-order valence-corrected chi connectivity index (χ4v) is 2.94. The van der Waals surface area contributed by atoms with Crippen molar-refractivity contribution < 1.29 is 14.3 Å². The lowest BCUT2D eigenvalue weighted by molar-refractivity contribution is 0.0950. The molecule has 6 heteroatoms. The molecule has 1 aliphatic rings. The highest BCUT2D eigenvalue weighted by Crippen LogP contribution is 2.36. The van der Waals surface area contributed by atoms with Gasteiger partial charge in [-0.25, -0.2) is 0 Å². The van der Waals surface area contributed by atoms with Crippen molar-refractivity contribution in [1.29, 1.82) is 0 Å². The molecule has 116 valence electrons. The highest BCUT2D eigenvalue weighted by Gasteiger charge is 2.18. The first-order chi connectivity index (χ1) is 10.2. The molecule has 0 bridgehead atoms. The number of rotatable bonds is 6. The van der Waals surface area contributed by atoms with Crippen LogP contribution in [0.4, 0.5) is 0 Å². The Morgan fingerprint density at radius 1 is 1.52 bits per heavy atom. The van der Waals surface area contributed by atoms with E-state index in [2.05, 4.69) is 26.6 Å². The highest BCUT2D eigenvalue weighted by molar-refractivity contribution is 9.10. The minimum Gasteiger partial charge on any atom is -0.493 e. The molecule has 2 N–H and O–H groups in total. The summed E-state index contributed by atoms with van der Waals surface area (Å²) in [4.78, 5) is 12.2. The number of ether oxygens (including phenoxy) is 2. The minimum absolute atomic E-state index is 0.106. The number of hydrogen-bond acceptors (Lipinski definition) is 4. The molecule has 0 aliphatic carbocycles. The van der Waals surface area contributed by atoms with Gasteiger partial charge in [-0.1, -0.05) is 0 Å². The molecule has 1 fully saturated rings. The first kappa shape index (κ1) is 16.1. The van der Waals surface area contributed by atoms with Gasteiger partial charge in [-0.3, -0.25) is 4.79 Å². The SMILES string of the molecule is CCOc1c(Br)cc(C(=O)NCC2CCCN2)cc1OC. The van der Waals surface area contributed by atoms with E-state index in [9.17, 15) is 4.79 Å². The topological polar surface area (TPSA) is 59.6 Å². The number of amides is 1. The van der Waals surface area contributed by atoms with Crippen LogP contribution in [0.5, 0.6) is 11.5 Å². The second kappa shape index (κ2) is 7.66. The van der Waals surface area contributed by atoms with Crippen molar-refractivity contribution in [3.8, 4) is 11.5 Å². The van der Waals surface area contributed by atoms with Gasteiger partial charge in [-0.2, -0.15) is 0 Å². The van der Waals surface area contributed by atoms with Crippen LogP contribution in [0.2, 0.25) is 0 Å². The van der Waals surface area contributed by atoms with Crippen molar-refractivity contribution in [3.05, 3.63) is 22.2 Å². The van der Waals surface area contributed by atoms with Crippen molar-refractivity contribution in [2.24, 2.45) is 0 Å². The Bertz CT molecular complexity index is 502. The summed E-state index contributed by atoms with van der Waals surface area (Å²) >= 11 is 3.43. The van der Waals surface area contributed by atoms with E-state index in [1.54, 1.807) is 19.2 Å². The molecule has 1 amide bonds. The lowest BCUT2D eigenvalue weighted by Gasteiger charge is -2.15. The summed E-state index contributed by atoms with van der Waals surface area (Å²) in [5.41, 5.74) is 0.556.